The Hall–Kier alpha value is -1.78. The lowest BCUT2D eigenvalue weighted by atomic mass is 10.4. The maximum absolute atomic E-state index is 12.1. The van der Waals surface area contributed by atoms with Gasteiger partial charge >= 0.3 is 0 Å². The Morgan fingerprint density at radius 2 is 2.21 bits per heavy atom. The molecule has 0 unspecified atom stereocenters. The summed E-state index contributed by atoms with van der Waals surface area (Å²) in [5.74, 6) is 1.16. The molecule has 2 heterocycles. The van der Waals surface area contributed by atoms with Gasteiger partial charge in [0, 0.05) is 6.07 Å². The lowest BCUT2D eigenvalue weighted by molar-refractivity contribution is 0.465. The monoisotopic (exact) mass is 286 g/mol. The van der Waals surface area contributed by atoms with E-state index >= 15 is 0 Å². The van der Waals surface area contributed by atoms with E-state index in [2.05, 4.69) is 30.7 Å². The Bertz CT molecular complexity index is 633. The molecule has 3 N–H and O–H groups in total. The summed E-state index contributed by atoms with van der Waals surface area (Å²) in [6.45, 7) is 2.02. The second kappa shape index (κ2) is 5.47. The minimum Gasteiger partial charge on any atom is -0.464 e. The fraction of sp³-hybridized carbons (Fsp3) is 0.444. The molecule has 2 aromatic heterocycles. The van der Waals surface area contributed by atoms with Gasteiger partial charge in [-0.3, -0.25) is 0 Å². The van der Waals surface area contributed by atoms with Crippen LogP contribution in [0.15, 0.2) is 15.4 Å². The summed E-state index contributed by atoms with van der Waals surface area (Å²) in [6.07, 6.45) is 0. The average molecular weight is 286 g/mol. The number of furan rings is 1. The van der Waals surface area contributed by atoms with Crippen LogP contribution >= 0.6 is 0 Å². The Morgan fingerprint density at radius 1 is 1.42 bits per heavy atom. The Balaban J connectivity index is 2.14. The number of rotatable bonds is 6. The molecule has 0 spiro atoms. The number of aromatic nitrogens is 4. The van der Waals surface area contributed by atoms with Crippen LogP contribution in [0.4, 0.5) is 0 Å². The van der Waals surface area contributed by atoms with Crippen molar-refractivity contribution in [3.8, 4) is 0 Å². The van der Waals surface area contributed by atoms with E-state index in [1.54, 1.807) is 14.0 Å². The van der Waals surface area contributed by atoms with Gasteiger partial charge in [-0.15, -0.1) is 10.2 Å². The molecule has 0 bridgehead atoms. The molecule has 0 aliphatic carbocycles. The van der Waals surface area contributed by atoms with E-state index in [9.17, 15) is 8.42 Å². The van der Waals surface area contributed by atoms with E-state index in [-0.39, 0.29) is 17.3 Å². The predicted molar refractivity (Wildman–Crippen MR) is 64.4 cm³/mol. The normalized spacial score (nSPS) is 11.9. The molecular formula is C9H14N6O3S. The summed E-state index contributed by atoms with van der Waals surface area (Å²) >= 11 is 0. The molecule has 0 amide bonds. The Labute approximate surface area is 109 Å². The number of hydrogen-bond donors (Lipinski definition) is 3. The molecule has 2 aromatic rings. The third-order valence-corrected chi connectivity index (χ3v) is 3.88. The number of H-pyrrole nitrogens is 1. The molecule has 0 saturated carbocycles. The van der Waals surface area contributed by atoms with Gasteiger partial charge < -0.3 is 9.73 Å². The molecule has 10 heteroatoms. The Morgan fingerprint density at radius 3 is 2.84 bits per heavy atom. The summed E-state index contributed by atoms with van der Waals surface area (Å²) in [4.78, 5) is 0.112. The van der Waals surface area contributed by atoms with Crippen LogP contribution < -0.4 is 10.0 Å². The number of nitrogens with zero attached hydrogens (tertiary/aromatic N) is 3. The van der Waals surface area contributed by atoms with Crippen molar-refractivity contribution in [3.05, 3.63) is 23.4 Å². The molecular weight excluding hydrogens is 272 g/mol. The number of hydrogen-bond acceptors (Lipinski definition) is 7. The van der Waals surface area contributed by atoms with Crippen molar-refractivity contribution in [3.63, 3.8) is 0 Å². The van der Waals surface area contributed by atoms with Crippen LogP contribution in [0.2, 0.25) is 0 Å². The van der Waals surface area contributed by atoms with Gasteiger partial charge in [0.1, 0.15) is 16.4 Å². The van der Waals surface area contributed by atoms with E-state index in [0.717, 1.165) is 0 Å². The van der Waals surface area contributed by atoms with E-state index in [0.29, 0.717) is 18.1 Å². The van der Waals surface area contributed by atoms with E-state index in [1.807, 2.05) is 0 Å². The fourth-order valence-corrected chi connectivity index (χ4v) is 2.73. The van der Waals surface area contributed by atoms with Crippen LogP contribution in [-0.2, 0) is 23.1 Å². The third-order valence-electron chi connectivity index (χ3n) is 2.37. The zero-order valence-corrected chi connectivity index (χ0v) is 11.3. The maximum Gasteiger partial charge on any atom is 0.244 e. The predicted octanol–water partition coefficient (Wildman–Crippen LogP) is -0.701. The van der Waals surface area contributed by atoms with Crippen LogP contribution in [0.25, 0.3) is 0 Å². The molecule has 19 heavy (non-hydrogen) atoms. The van der Waals surface area contributed by atoms with Gasteiger partial charge in [-0.2, -0.15) is 5.21 Å². The van der Waals surface area contributed by atoms with E-state index in [4.69, 9.17) is 4.42 Å². The summed E-state index contributed by atoms with van der Waals surface area (Å²) in [5, 5.41) is 15.8. The molecule has 2 rings (SSSR count). The number of nitrogens with one attached hydrogen (secondary N) is 3. The first kappa shape index (κ1) is 13.6. The zero-order chi connectivity index (χ0) is 13.9. The van der Waals surface area contributed by atoms with Gasteiger partial charge in [-0.25, -0.2) is 13.1 Å². The minimum absolute atomic E-state index is 0.0369. The van der Waals surface area contributed by atoms with Gasteiger partial charge in [-0.05, 0) is 14.0 Å². The maximum atomic E-state index is 12.1. The van der Waals surface area contributed by atoms with Crippen molar-refractivity contribution < 1.29 is 12.8 Å². The highest BCUT2D eigenvalue weighted by Gasteiger charge is 2.21. The molecule has 0 aromatic carbocycles. The first-order valence-corrected chi connectivity index (χ1v) is 6.97. The van der Waals surface area contributed by atoms with Crippen LogP contribution in [-0.4, -0.2) is 36.1 Å². The number of aryl methyl sites for hydroxylation is 1. The second-order valence-corrected chi connectivity index (χ2v) is 5.55. The van der Waals surface area contributed by atoms with Crippen LogP contribution in [0, 0.1) is 6.92 Å². The zero-order valence-electron chi connectivity index (χ0n) is 10.5. The standard InChI is InChI=1S/C9H14N6O3S/c1-6-8(3-7(18-6)4-10-2)19(16,17)11-5-9-12-14-15-13-9/h3,10-11H,4-5H2,1-2H3,(H,12,13,14,15). The average Bonchev–Trinajstić information content (AvgIpc) is 2.97. The summed E-state index contributed by atoms with van der Waals surface area (Å²) in [7, 11) is -1.91. The summed E-state index contributed by atoms with van der Waals surface area (Å²) < 4.78 is 31.9. The van der Waals surface area contributed by atoms with Crippen LogP contribution in [0.1, 0.15) is 17.3 Å². The van der Waals surface area contributed by atoms with Gasteiger partial charge in [-0.1, -0.05) is 5.21 Å². The Kier molecular flexibility index (Phi) is 3.93. The molecule has 9 nitrogen and oxygen atoms in total. The highest BCUT2D eigenvalue weighted by molar-refractivity contribution is 7.89. The minimum atomic E-state index is -3.66. The molecule has 0 radical (unpaired) electrons. The number of aromatic amines is 1. The molecule has 0 aliphatic heterocycles. The SMILES string of the molecule is CNCc1cc(S(=O)(=O)NCc2nn[nH]n2)c(C)o1. The fourth-order valence-electron chi connectivity index (χ4n) is 1.55. The third kappa shape index (κ3) is 3.16. The molecule has 0 fully saturated rings. The first-order valence-electron chi connectivity index (χ1n) is 5.49. The first-order chi connectivity index (χ1) is 9.03. The van der Waals surface area contributed by atoms with Gasteiger partial charge in [0.15, 0.2) is 5.82 Å². The smallest absolute Gasteiger partial charge is 0.244 e. The van der Waals surface area contributed by atoms with Gasteiger partial charge in [0.05, 0.1) is 13.1 Å². The second-order valence-electron chi connectivity index (χ2n) is 3.82. The number of sulfonamides is 1. The van der Waals surface area contributed by atoms with Crippen molar-refractivity contribution in [2.45, 2.75) is 24.9 Å². The van der Waals surface area contributed by atoms with Gasteiger partial charge in [0.25, 0.3) is 0 Å². The van der Waals surface area contributed by atoms with Crippen molar-refractivity contribution in [1.29, 1.82) is 0 Å². The van der Waals surface area contributed by atoms with Gasteiger partial charge in [0.2, 0.25) is 10.0 Å². The number of tetrazole rings is 1. The van der Waals surface area contributed by atoms with E-state index in [1.165, 1.54) is 6.07 Å². The van der Waals surface area contributed by atoms with Crippen molar-refractivity contribution in [2.24, 2.45) is 0 Å². The molecule has 0 atom stereocenters. The molecule has 0 saturated heterocycles. The van der Waals surface area contributed by atoms with Crippen LogP contribution in [0.5, 0.6) is 0 Å². The quantitative estimate of drug-likeness (QED) is 0.641. The molecule has 0 aliphatic rings. The highest BCUT2D eigenvalue weighted by atomic mass is 32.2. The van der Waals surface area contributed by atoms with Crippen molar-refractivity contribution in [2.75, 3.05) is 7.05 Å². The lowest BCUT2D eigenvalue weighted by Gasteiger charge is -2.02. The summed E-state index contributed by atoms with van der Waals surface area (Å²) in [6, 6.07) is 1.49. The van der Waals surface area contributed by atoms with E-state index < -0.39 is 10.0 Å². The molecule has 104 valence electrons. The lowest BCUT2D eigenvalue weighted by Crippen LogP contribution is -2.24. The van der Waals surface area contributed by atoms with Crippen molar-refractivity contribution in [1.82, 2.24) is 30.7 Å². The van der Waals surface area contributed by atoms with Crippen LogP contribution in [0.3, 0.4) is 0 Å². The largest absolute Gasteiger partial charge is 0.464 e. The summed E-state index contributed by atoms with van der Waals surface area (Å²) in [5.41, 5.74) is 0. The van der Waals surface area contributed by atoms with Crippen molar-refractivity contribution >= 4 is 10.0 Å². The topological polar surface area (TPSA) is 126 Å². The highest BCUT2D eigenvalue weighted by Crippen LogP contribution is 2.19.